The largest absolute Gasteiger partial charge is 0.336 e. The summed E-state index contributed by atoms with van der Waals surface area (Å²) in [6.45, 7) is 8.11. The van der Waals surface area contributed by atoms with Gasteiger partial charge in [-0.3, -0.25) is 9.69 Å². The van der Waals surface area contributed by atoms with Crippen LogP contribution in [0.2, 0.25) is 0 Å². The number of thiazole rings is 1. The summed E-state index contributed by atoms with van der Waals surface area (Å²) in [4.78, 5) is 29.6. The highest BCUT2D eigenvalue weighted by molar-refractivity contribution is 7.09. The van der Waals surface area contributed by atoms with Crippen LogP contribution in [-0.2, 0) is 13.0 Å². The molecule has 0 aromatic carbocycles. The molecule has 23 heavy (non-hydrogen) atoms. The van der Waals surface area contributed by atoms with E-state index in [-0.39, 0.29) is 5.91 Å². The Labute approximate surface area is 140 Å². The number of aryl methyl sites for hydroxylation is 2. The van der Waals surface area contributed by atoms with Gasteiger partial charge in [0.05, 0.1) is 22.0 Å². The standard InChI is InChI=1S/C16H21N5OS/c1-3-15-14(8-17-11-18-15)16(22)21-6-4-20(5-7-21)9-13-10-23-12(2)19-13/h8,10-11H,3-7,9H2,1-2H3. The zero-order chi connectivity index (χ0) is 16.2. The van der Waals surface area contributed by atoms with Crippen molar-refractivity contribution in [3.63, 3.8) is 0 Å². The van der Waals surface area contributed by atoms with Crippen molar-refractivity contribution in [2.45, 2.75) is 26.8 Å². The number of hydrogen-bond donors (Lipinski definition) is 0. The van der Waals surface area contributed by atoms with Crippen molar-refractivity contribution in [3.8, 4) is 0 Å². The Bertz CT molecular complexity index is 679. The molecular weight excluding hydrogens is 310 g/mol. The Morgan fingerprint density at radius 2 is 2.09 bits per heavy atom. The maximum absolute atomic E-state index is 12.7. The minimum Gasteiger partial charge on any atom is -0.336 e. The fourth-order valence-corrected chi connectivity index (χ4v) is 3.41. The Kier molecular flexibility index (Phi) is 4.97. The van der Waals surface area contributed by atoms with Crippen molar-refractivity contribution >= 4 is 17.2 Å². The summed E-state index contributed by atoms with van der Waals surface area (Å²) in [6.07, 6.45) is 3.88. The zero-order valence-corrected chi connectivity index (χ0v) is 14.3. The van der Waals surface area contributed by atoms with Gasteiger partial charge in [-0.1, -0.05) is 6.92 Å². The molecule has 1 amide bonds. The van der Waals surface area contributed by atoms with Gasteiger partial charge in [0.15, 0.2) is 0 Å². The summed E-state index contributed by atoms with van der Waals surface area (Å²) in [5.41, 5.74) is 2.58. The Morgan fingerprint density at radius 3 is 2.74 bits per heavy atom. The van der Waals surface area contributed by atoms with Crippen LogP contribution in [0.1, 0.15) is 33.7 Å². The SMILES string of the molecule is CCc1ncncc1C(=O)N1CCN(Cc2csc(C)n2)CC1. The Balaban J connectivity index is 1.59. The zero-order valence-electron chi connectivity index (χ0n) is 13.5. The van der Waals surface area contributed by atoms with Crippen molar-refractivity contribution in [1.82, 2.24) is 24.8 Å². The van der Waals surface area contributed by atoms with Gasteiger partial charge in [0, 0.05) is 44.3 Å². The maximum atomic E-state index is 12.7. The molecule has 3 rings (SSSR count). The molecule has 0 saturated carbocycles. The van der Waals surface area contributed by atoms with Gasteiger partial charge in [-0.15, -0.1) is 11.3 Å². The van der Waals surface area contributed by atoms with Gasteiger partial charge < -0.3 is 4.90 Å². The first kappa shape index (κ1) is 16.0. The van der Waals surface area contributed by atoms with E-state index >= 15 is 0 Å². The van der Waals surface area contributed by atoms with E-state index in [2.05, 4.69) is 25.2 Å². The molecule has 1 aliphatic rings. The third-order valence-electron chi connectivity index (χ3n) is 4.07. The third-order valence-corrected chi connectivity index (χ3v) is 4.89. The first-order valence-corrected chi connectivity index (χ1v) is 8.77. The fraction of sp³-hybridized carbons (Fsp3) is 0.500. The number of carbonyl (C=O) groups is 1. The molecule has 1 fully saturated rings. The van der Waals surface area contributed by atoms with Crippen molar-refractivity contribution < 1.29 is 4.79 Å². The van der Waals surface area contributed by atoms with Gasteiger partial charge >= 0.3 is 0 Å². The summed E-state index contributed by atoms with van der Waals surface area (Å²) >= 11 is 1.68. The highest BCUT2D eigenvalue weighted by Crippen LogP contribution is 2.14. The second kappa shape index (κ2) is 7.14. The van der Waals surface area contributed by atoms with Crippen LogP contribution in [0.15, 0.2) is 17.9 Å². The van der Waals surface area contributed by atoms with E-state index in [4.69, 9.17) is 0 Å². The number of amides is 1. The summed E-state index contributed by atoms with van der Waals surface area (Å²) in [5, 5.41) is 3.21. The van der Waals surface area contributed by atoms with Crippen LogP contribution in [-0.4, -0.2) is 56.8 Å². The van der Waals surface area contributed by atoms with Gasteiger partial charge in [0.25, 0.3) is 5.91 Å². The van der Waals surface area contributed by atoms with E-state index in [9.17, 15) is 4.79 Å². The fourth-order valence-electron chi connectivity index (χ4n) is 2.80. The van der Waals surface area contributed by atoms with Gasteiger partial charge in [-0.2, -0.15) is 0 Å². The molecule has 122 valence electrons. The first-order valence-electron chi connectivity index (χ1n) is 7.89. The van der Waals surface area contributed by atoms with E-state index in [1.165, 1.54) is 6.33 Å². The number of hydrogen-bond acceptors (Lipinski definition) is 6. The number of aromatic nitrogens is 3. The van der Waals surface area contributed by atoms with Crippen LogP contribution in [0, 0.1) is 6.92 Å². The molecule has 2 aromatic heterocycles. The second-order valence-electron chi connectivity index (χ2n) is 5.66. The van der Waals surface area contributed by atoms with Gasteiger partial charge in [-0.05, 0) is 13.3 Å². The molecule has 1 aliphatic heterocycles. The molecule has 0 unspecified atom stereocenters. The topological polar surface area (TPSA) is 62.2 Å². The quantitative estimate of drug-likeness (QED) is 0.854. The number of rotatable bonds is 4. The summed E-state index contributed by atoms with van der Waals surface area (Å²) in [5.74, 6) is 0.0478. The minimum atomic E-state index is 0.0478. The molecule has 0 N–H and O–H groups in total. The lowest BCUT2D eigenvalue weighted by atomic mass is 10.1. The van der Waals surface area contributed by atoms with Crippen LogP contribution >= 0.6 is 11.3 Å². The molecule has 2 aromatic rings. The lowest BCUT2D eigenvalue weighted by Gasteiger charge is -2.34. The monoisotopic (exact) mass is 331 g/mol. The average Bonchev–Trinajstić information content (AvgIpc) is 3.00. The van der Waals surface area contributed by atoms with E-state index in [1.54, 1.807) is 17.5 Å². The molecule has 0 radical (unpaired) electrons. The van der Waals surface area contributed by atoms with Gasteiger partial charge in [-0.25, -0.2) is 15.0 Å². The van der Waals surface area contributed by atoms with Gasteiger partial charge in [0.2, 0.25) is 0 Å². The van der Waals surface area contributed by atoms with Crippen LogP contribution in [0.3, 0.4) is 0 Å². The van der Waals surface area contributed by atoms with Crippen molar-refractivity contribution in [2.24, 2.45) is 0 Å². The number of piperazine rings is 1. The molecule has 1 saturated heterocycles. The molecule has 3 heterocycles. The number of carbonyl (C=O) groups excluding carboxylic acids is 1. The Morgan fingerprint density at radius 1 is 1.30 bits per heavy atom. The molecule has 0 bridgehead atoms. The second-order valence-corrected chi connectivity index (χ2v) is 6.73. The third kappa shape index (κ3) is 3.73. The van der Waals surface area contributed by atoms with Crippen LogP contribution in [0.25, 0.3) is 0 Å². The Hall–Kier alpha value is -1.86. The molecular formula is C16H21N5OS. The summed E-state index contributed by atoms with van der Waals surface area (Å²) in [6, 6.07) is 0. The van der Waals surface area contributed by atoms with E-state index in [0.717, 1.165) is 55.5 Å². The molecule has 0 spiro atoms. The first-order chi connectivity index (χ1) is 11.2. The summed E-state index contributed by atoms with van der Waals surface area (Å²) in [7, 11) is 0. The van der Waals surface area contributed by atoms with Crippen molar-refractivity contribution in [1.29, 1.82) is 0 Å². The minimum absolute atomic E-state index is 0.0478. The van der Waals surface area contributed by atoms with Crippen LogP contribution in [0.5, 0.6) is 0 Å². The molecule has 7 heteroatoms. The molecule has 0 aliphatic carbocycles. The van der Waals surface area contributed by atoms with Crippen LogP contribution < -0.4 is 0 Å². The highest BCUT2D eigenvalue weighted by atomic mass is 32.1. The predicted molar refractivity (Wildman–Crippen MR) is 89.4 cm³/mol. The number of nitrogens with zero attached hydrogens (tertiary/aromatic N) is 5. The van der Waals surface area contributed by atoms with Crippen molar-refractivity contribution in [3.05, 3.63) is 39.9 Å². The van der Waals surface area contributed by atoms with E-state index < -0.39 is 0 Å². The maximum Gasteiger partial charge on any atom is 0.257 e. The van der Waals surface area contributed by atoms with Crippen LogP contribution in [0.4, 0.5) is 0 Å². The predicted octanol–water partition coefficient (Wildman–Crippen LogP) is 1.76. The van der Waals surface area contributed by atoms with Crippen molar-refractivity contribution in [2.75, 3.05) is 26.2 Å². The summed E-state index contributed by atoms with van der Waals surface area (Å²) < 4.78 is 0. The van der Waals surface area contributed by atoms with E-state index in [0.29, 0.717) is 5.56 Å². The molecule has 0 atom stereocenters. The van der Waals surface area contributed by atoms with E-state index in [1.807, 2.05) is 18.7 Å². The smallest absolute Gasteiger partial charge is 0.257 e. The molecule has 6 nitrogen and oxygen atoms in total. The lowest BCUT2D eigenvalue weighted by Crippen LogP contribution is -2.48. The lowest BCUT2D eigenvalue weighted by molar-refractivity contribution is 0.0625. The highest BCUT2D eigenvalue weighted by Gasteiger charge is 2.24. The average molecular weight is 331 g/mol. The van der Waals surface area contributed by atoms with Gasteiger partial charge in [0.1, 0.15) is 6.33 Å². The normalized spacial score (nSPS) is 15.8.